The van der Waals surface area contributed by atoms with E-state index in [2.05, 4.69) is 23.7 Å². The summed E-state index contributed by atoms with van der Waals surface area (Å²) in [5.41, 5.74) is 0. The SMILES string of the molecule is CCC[C@@H](C#CCC(C)O)N1CCC(=O)CC1. The van der Waals surface area contributed by atoms with E-state index in [9.17, 15) is 9.90 Å². The van der Waals surface area contributed by atoms with Gasteiger partial charge in [0, 0.05) is 32.4 Å². The van der Waals surface area contributed by atoms with E-state index in [0.29, 0.717) is 25.0 Å². The number of piperidine rings is 1. The first-order valence-electron chi connectivity index (χ1n) is 6.55. The van der Waals surface area contributed by atoms with Gasteiger partial charge >= 0.3 is 0 Å². The summed E-state index contributed by atoms with van der Waals surface area (Å²) in [5, 5.41) is 9.18. The zero-order chi connectivity index (χ0) is 12.7. The fourth-order valence-electron chi connectivity index (χ4n) is 2.03. The Morgan fingerprint density at radius 3 is 2.59 bits per heavy atom. The van der Waals surface area contributed by atoms with Crippen LogP contribution in [-0.2, 0) is 4.79 Å². The number of likely N-dealkylation sites (tertiary alicyclic amines) is 1. The lowest BCUT2D eigenvalue weighted by Gasteiger charge is -2.30. The normalized spacial score (nSPS) is 20.5. The van der Waals surface area contributed by atoms with Crippen molar-refractivity contribution in [2.24, 2.45) is 0 Å². The summed E-state index contributed by atoms with van der Waals surface area (Å²) < 4.78 is 0. The van der Waals surface area contributed by atoms with Crippen LogP contribution in [0.2, 0.25) is 0 Å². The highest BCUT2D eigenvalue weighted by Gasteiger charge is 2.21. The Bertz CT molecular complexity index is 291. The average molecular weight is 237 g/mol. The molecule has 0 amide bonds. The summed E-state index contributed by atoms with van der Waals surface area (Å²) in [6, 6.07) is 0.256. The number of hydrogen-bond donors (Lipinski definition) is 1. The second kappa shape index (κ2) is 7.47. The molecule has 0 spiro atoms. The van der Waals surface area contributed by atoms with Crippen molar-refractivity contribution in [3.8, 4) is 11.8 Å². The minimum absolute atomic E-state index is 0.256. The second-order valence-electron chi connectivity index (χ2n) is 4.75. The number of ketones is 1. The molecule has 0 aromatic heterocycles. The molecule has 96 valence electrons. The molecular formula is C14H23NO2. The van der Waals surface area contributed by atoms with Crippen molar-refractivity contribution in [1.29, 1.82) is 0 Å². The molecule has 0 radical (unpaired) electrons. The number of nitrogens with zero attached hydrogens (tertiary/aromatic N) is 1. The monoisotopic (exact) mass is 237 g/mol. The van der Waals surface area contributed by atoms with E-state index in [0.717, 1.165) is 25.9 Å². The minimum atomic E-state index is -0.354. The summed E-state index contributed by atoms with van der Waals surface area (Å²) in [7, 11) is 0. The third kappa shape index (κ3) is 5.34. The Balaban J connectivity index is 2.51. The summed E-state index contributed by atoms with van der Waals surface area (Å²) in [6.45, 7) is 5.58. The molecule has 2 atom stereocenters. The van der Waals surface area contributed by atoms with Gasteiger partial charge in [-0.15, -0.1) is 0 Å². The van der Waals surface area contributed by atoms with Gasteiger partial charge < -0.3 is 5.11 Å². The minimum Gasteiger partial charge on any atom is -0.392 e. The van der Waals surface area contributed by atoms with E-state index in [1.165, 1.54) is 0 Å². The van der Waals surface area contributed by atoms with Crippen LogP contribution in [0.5, 0.6) is 0 Å². The number of Topliss-reactive ketones (excluding diaryl/α,β-unsaturated/α-hetero) is 1. The molecule has 1 rings (SSSR count). The van der Waals surface area contributed by atoms with E-state index in [1.54, 1.807) is 6.92 Å². The quantitative estimate of drug-likeness (QED) is 0.755. The molecule has 1 unspecified atom stereocenters. The maximum Gasteiger partial charge on any atom is 0.135 e. The molecule has 1 heterocycles. The third-order valence-electron chi connectivity index (χ3n) is 3.02. The first-order chi connectivity index (χ1) is 8.13. The van der Waals surface area contributed by atoms with Crippen LogP contribution in [-0.4, -0.2) is 41.0 Å². The molecule has 1 aliphatic rings. The van der Waals surface area contributed by atoms with Gasteiger partial charge in [-0.3, -0.25) is 9.69 Å². The first-order valence-corrected chi connectivity index (χ1v) is 6.55. The molecule has 1 aliphatic heterocycles. The van der Waals surface area contributed by atoms with Gasteiger partial charge in [-0.1, -0.05) is 25.2 Å². The number of aliphatic hydroxyl groups excluding tert-OH is 1. The van der Waals surface area contributed by atoms with Crippen LogP contribution in [0.1, 0.15) is 46.0 Å². The predicted octanol–water partition coefficient (Wildman–Crippen LogP) is 1.59. The standard InChI is InChI=1S/C14H23NO2/c1-3-5-13(7-4-6-12(2)16)15-10-8-14(17)9-11-15/h12-13,16H,3,5-6,8-11H2,1-2H3/t12?,13-/m0/s1. The molecule has 1 N–H and O–H groups in total. The van der Waals surface area contributed by atoms with Crippen LogP contribution in [0.15, 0.2) is 0 Å². The molecule has 3 nitrogen and oxygen atoms in total. The van der Waals surface area contributed by atoms with Gasteiger partial charge in [0.05, 0.1) is 12.1 Å². The Labute approximate surface area is 104 Å². The second-order valence-corrected chi connectivity index (χ2v) is 4.75. The summed E-state index contributed by atoms with van der Waals surface area (Å²) in [4.78, 5) is 13.5. The Hall–Kier alpha value is -0.850. The topological polar surface area (TPSA) is 40.5 Å². The fourth-order valence-corrected chi connectivity index (χ4v) is 2.03. The van der Waals surface area contributed by atoms with Crippen molar-refractivity contribution in [2.45, 2.75) is 58.1 Å². The first kappa shape index (κ1) is 14.2. The average Bonchev–Trinajstić information content (AvgIpc) is 2.29. The molecule has 0 aromatic carbocycles. The fraction of sp³-hybridized carbons (Fsp3) is 0.786. The Morgan fingerprint density at radius 2 is 2.06 bits per heavy atom. The van der Waals surface area contributed by atoms with Crippen molar-refractivity contribution in [3.05, 3.63) is 0 Å². The lowest BCUT2D eigenvalue weighted by molar-refractivity contribution is -0.121. The molecule has 0 saturated carbocycles. The highest BCUT2D eigenvalue weighted by atomic mass is 16.3. The summed E-state index contributed by atoms with van der Waals surface area (Å²) in [5.74, 6) is 6.66. The molecule has 1 saturated heterocycles. The van der Waals surface area contributed by atoms with Gasteiger partial charge in [-0.25, -0.2) is 0 Å². The summed E-state index contributed by atoms with van der Waals surface area (Å²) in [6.07, 6.45) is 3.65. The maximum atomic E-state index is 11.2. The van der Waals surface area contributed by atoms with Crippen molar-refractivity contribution >= 4 is 5.78 Å². The highest BCUT2D eigenvalue weighted by molar-refractivity contribution is 5.79. The molecule has 0 aromatic rings. The van der Waals surface area contributed by atoms with Gasteiger partial charge in [0.2, 0.25) is 0 Å². The number of carbonyl (C=O) groups is 1. The van der Waals surface area contributed by atoms with Crippen LogP contribution >= 0.6 is 0 Å². The third-order valence-corrected chi connectivity index (χ3v) is 3.02. The largest absolute Gasteiger partial charge is 0.392 e. The molecule has 1 fully saturated rings. The Kier molecular flexibility index (Phi) is 6.25. The van der Waals surface area contributed by atoms with Crippen LogP contribution < -0.4 is 0 Å². The van der Waals surface area contributed by atoms with Gasteiger partial charge in [0.25, 0.3) is 0 Å². The van der Waals surface area contributed by atoms with Crippen molar-refractivity contribution in [3.63, 3.8) is 0 Å². The van der Waals surface area contributed by atoms with Gasteiger partial charge in [-0.05, 0) is 13.3 Å². The molecule has 17 heavy (non-hydrogen) atoms. The zero-order valence-corrected chi connectivity index (χ0v) is 10.9. The summed E-state index contributed by atoms with van der Waals surface area (Å²) >= 11 is 0. The van der Waals surface area contributed by atoms with Crippen LogP contribution in [0.4, 0.5) is 0 Å². The number of rotatable bonds is 4. The predicted molar refractivity (Wildman–Crippen MR) is 68.6 cm³/mol. The molecule has 3 heteroatoms. The zero-order valence-electron chi connectivity index (χ0n) is 10.9. The lowest BCUT2D eigenvalue weighted by Crippen LogP contribution is -2.40. The van der Waals surface area contributed by atoms with Crippen LogP contribution in [0.3, 0.4) is 0 Å². The molecule has 0 bridgehead atoms. The van der Waals surface area contributed by atoms with Crippen LogP contribution in [0.25, 0.3) is 0 Å². The van der Waals surface area contributed by atoms with E-state index in [1.807, 2.05) is 0 Å². The maximum absolute atomic E-state index is 11.2. The lowest BCUT2D eigenvalue weighted by atomic mass is 10.0. The van der Waals surface area contributed by atoms with Crippen molar-refractivity contribution in [2.75, 3.05) is 13.1 Å². The van der Waals surface area contributed by atoms with E-state index in [-0.39, 0.29) is 12.1 Å². The highest BCUT2D eigenvalue weighted by Crippen LogP contribution is 2.13. The van der Waals surface area contributed by atoms with E-state index in [4.69, 9.17) is 0 Å². The van der Waals surface area contributed by atoms with Gasteiger partial charge in [-0.2, -0.15) is 0 Å². The molecular weight excluding hydrogens is 214 g/mol. The number of hydrogen-bond acceptors (Lipinski definition) is 3. The number of aliphatic hydroxyl groups is 1. The van der Waals surface area contributed by atoms with Crippen molar-refractivity contribution < 1.29 is 9.90 Å². The van der Waals surface area contributed by atoms with E-state index >= 15 is 0 Å². The molecule has 0 aliphatic carbocycles. The van der Waals surface area contributed by atoms with Gasteiger partial charge in [0.15, 0.2) is 0 Å². The van der Waals surface area contributed by atoms with Gasteiger partial charge in [0.1, 0.15) is 5.78 Å². The number of carbonyl (C=O) groups excluding carboxylic acids is 1. The van der Waals surface area contributed by atoms with Crippen molar-refractivity contribution in [1.82, 2.24) is 4.90 Å². The van der Waals surface area contributed by atoms with E-state index < -0.39 is 0 Å². The van der Waals surface area contributed by atoms with Crippen LogP contribution in [0, 0.1) is 11.8 Å². The smallest absolute Gasteiger partial charge is 0.135 e. The Morgan fingerprint density at radius 1 is 1.41 bits per heavy atom.